The van der Waals surface area contributed by atoms with Gasteiger partial charge in [0.2, 0.25) is 0 Å². The van der Waals surface area contributed by atoms with E-state index < -0.39 is 11.9 Å². The molecule has 1 saturated heterocycles. The third-order valence-electron chi connectivity index (χ3n) is 3.47. The van der Waals surface area contributed by atoms with Crippen molar-refractivity contribution in [3.8, 4) is 0 Å². The Morgan fingerprint density at radius 2 is 1.95 bits per heavy atom. The second kappa shape index (κ2) is 6.78. The van der Waals surface area contributed by atoms with Crippen molar-refractivity contribution in [3.05, 3.63) is 0 Å². The van der Waals surface area contributed by atoms with Gasteiger partial charge in [-0.3, -0.25) is 4.79 Å². The van der Waals surface area contributed by atoms with Crippen LogP contribution in [0.15, 0.2) is 0 Å². The van der Waals surface area contributed by atoms with Crippen LogP contribution in [0.2, 0.25) is 0 Å². The maximum atomic E-state index is 12.5. The van der Waals surface area contributed by atoms with E-state index in [1.54, 1.807) is 4.90 Å². The van der Waals surface area contributed by atoms with Gasteiger partial charge in [-0.1, -0.05) is 13.8 Å². The van der Waals surface area contributed by atoms with Gasteiger partial charge in [-0.25, -0.2) is 4.79 Å². The standard InChI is InChI=1S/C14H26N2O3/c1-10(2)8-16(11(3)4)14(19)15-7-5-6-12(9-15)13(17)18/h10-12H,5-9H2,1-4H3,(H,17,18)/t12-/m1/s1. The van der Waals surface area contributed by atoms with Crippen molar-refractivity contribution in [2.45, 2.75) is 46.6 Å². The van der Waals surface area contributed by atoms with E-state index >= 15 is 0 Å². The number of carbonyl (C=O) groups excluding carboxylic acids is 1. The molecule has 1 atom stereocenters. The largest absolute Gasteiger partial charge is 0.481 e. The van der Waals surface area contributed by atoms with E-state index in [2.05, 4.69) is 13.8 Å². The Morgan fingerprint density at radius 3 is 2.42 bits per heavy atom. The van der Waals surface area contributed by atoms with Gasteiger partial charge in [-0.05, 0) is 32.6 Å². The van der Waals surface area contributed by atoms with Crippen LogP contribution in [-0.2, 0) is 4.79 Å². The highest BCUT2D eigenvalue weighted by Gasteiger charge is 2.31. The fourth-order valence-corrected chi connectivity index (χ4v) is 2.44. The zero-order chi connectivity index (χ0) is 14.6. The molecular weight excluding hydrogens is 244 g/mol. The number of hydrogen-bond donors (Lipinski definition) is 1. The molecule has 0 aromatic carbocycles. The topological polar surface area (TPSA) is 60.9 Å². The van der Waals surface area contributed by atoms with E-state index in [1.165, 1.54) is 0 Å². The van der Waals surface area contributed by atoms with Crippen LogP contribution >= 0.6 is 0 Å². The molecule has 0 unspecified atom stereocenters. The fourth-order valence-electron chi connectivity index (χ4n) is 2.44. The quantitative estimate of drug-likeness (QED) is 0.852. The van der Waals surface area contributed by atoms with Gasteiger partial charge in [0.05, 0.1) is 5.92 Å². The van der Waals surface area contributed by atoms with Gasteiger partial charge in [0.1, 0.15) is 0 Å². The summed E-state index contributed by atoms with van der Waals surface area (Å²) in [5.41, 5.74) is 0. The molecule has 1 aliphatic rings. The van der Waals surface area contributed by atoms with Crippen LogP contribution in [0.1, 0.15) is 40.5 Å². The van der Waals surface area contributed by atoms with Gasteiger partial charge in [-0.15, -0.1) is 0 Å². The molecule has 1 heterocycles. The van der Waals surface area contributed by atoms with Gasteiger partial charge in [0.15, 0.2) is 0 Å². The minimum atomic E-state index is -0.794. The monoisotopic (exact) mass is 270 g/mol. The Labute approximate surface area is 115 Å². The number of nitrogens with zero attached hydrogens (tertiary/aromatic N) is 2. The summed E-state index contributed by atoms with van der Waals surface area (Å²) in [7, 11) is 0. The van der Waals surface area contributed by atoms with Gasteiger partial charge >= 0.3 is 12.0 Å². The molecule has 1 aliphatic heterocycles. The summed E-state index contributed by atoms with van der Waals surface area (Å²) in [6.07, 6.45) is 1.45. The van der Waals surface area contributed by atoms with Gasteiger partial charge in [0, 0.05) is 25.7 Å². The van der Waals surface area contributed by atoms with Gasteiger partial charge in [0.25, 0.3) is 0 Å². The number of aliphatic carboxylic acids is 1. The lowest BCUT2D eigenvalue weighted by Crippen LogP contribution is -2.51. The number of carboxylic acid groups (broad SMARTS) is 1. The second-order valence-corrected chi connectivity index (χ2v) is 6.05. The van der Waals surface area contributed by atoms with Crippen molar-refractivity contribution in [3.63, 3.8) is 0 Å². The summed E-state index contributed by atoms with van der Waals surface area (Å²) in [4.78, 5) is 27.1. The molecule has 5 nitrogen and oxygen atoms in total. The van der Waals surface area contributed by atoms with E-state index in [9.17, 15) is 9.59 Å². The van der Waals surface area contributed by atoms with Crippen molar-refractivity contribution in [1.82, 2.24) is 9.80 Å². The van der Waals surface area contributed by atoms with Crippen LogP contribution in [0.25, 0.3) is 0 Å². The summed E-state index contributed by atoms with van der Waals surface area (Å²) in [6, 6.07) is 0.120. The smallest absolute Gasteiger partial charge is 0.320 e. The third kappa shape index (κ3) is 4.40. The van der Waals surface area contributed by atoms with Crippen LogP contribution in [0.5, 0.6) is 0 Å². The molecule has 1 fully saturated rings. The van der Waals surface area contributed by atoms with Gasteiger partial charge < -0.3 is 14.9 Å². The Hall–Kier alpha value is -1.26. The number of likely N-dealkylation sites (tertiary alicyclic amines) is 1. The molecule has 0 aliphatic carbocycles. The molecule has 0 saturated carbocycles. The molecule has 1 N–H and O–H groups in total. The average Bonchev–Trinajstić information content (AvgIpc) is 2.34. The second-order valence-electron chi connectivity index (χ2n) is 6.05. The number of carbonyl (C=O) groups is 2. The lowest BCUT2D eigenvalue weighted by Gasteiger charge is -2.37. The number of rotatable bonds is 4. The SMILES string of the molecule is CC(C)CN(C(=O)N1CCC[C@@H](C(=O)O)C1)C(C)C. The van der Waals surface area contributed by atoms with Crippen molar-refractivity contribution in [2.75, 3.05) is 19.6 Å². The maximum absolute atomic E-state index is 12.5. The first-order valence-corrected chi connectivity index (χ1v) is 7.11. The molecular formula is C14H26N2O3. The summed E-state index contributed by atoms with van der Waals surface area (Å²) in [5, 5.41) is 9.08. The van der Waals surface area contributed by atoms with Crippen LogP contribution in [0.3, 0.4) is 0 Å². The minimum Gasteiger partial charge on any atom is -0.481 e. The van der Waals surface area contributed by atoms with Crippen molar-refractivity contribution < 1.29 is 14.7 Å². The zero-order valence-electron chi connectivity index (χ0n) is 12.4. The normalized spacial score (nSPS) is 19.9. The van der Waals surface area contributed by atoms with Crippen molar-refractivity contribution in [2.24, 2.45) is 11.8 Å². The molecule has 0 aromatic heterocycles. The van der Waals surface area contributed by atoms with Gasteiger partial charge in [-0.2, -0.15) is 0 Å². The highest BCUT2D eigenvalue weighted by atomic mass is 16.4. The number of piperidine rings is 1. The van der Waals surface area contributed by atoms with Crippen LogP contribution < -0.4 is 0 Å². The third-order valence-corrected chi connectivity index (χ3v) is 3.47. The Morgan fingerprint density at radius 1 is 1.32 bits per heavy atom. The van der Waals surface area contributed by atoms with Crippen LogP contribution in [-0.4, -0.2) is 52.6 Å². The lowest BCUT2D eigenvalue weighted by molar-refractivity contribution is -0.143. The first kappa shape index (κ1) is 15.8. The molecule has 2 amide bonds. The first-order valence-electron chi connectivity index (χ1n) is 7.11. The molecule has 0 bridgehead atoms. The zero-order valence-corrected chi connectivity index (χ0v) is 12.4. The Bertz CT molecular complexity index is 329. The fraction of sp³-hybridized carbons (Fsp3) is 0.857. The summed E-state index contributed by atoms with van der Waals surface area (Å²) >= 11 is 0. The Balaban J connectivity index is 2.70. The molecule has 19 heavy (non-hydrogen) atoms. The number of amides is 2. The van der Waals surface area contributed by atoms with Crippen molar-refractivity contribution >= 4 is 12.0 Å². The molecule has 0 aromatic rings. The molecule has 0 radical (unpaired) electrons. The number of urea groups is 1. The van der Waals surface area contributed by atoms with E-state index in [-0.39, 0.29) is 12.1 Å². The molecule has 5 heteroatoms. The summed E-state index contributed by atoms with van der Waals surface area (Å²) in [6.45, 7) is 9.89. The highest BCUT2D eigenvalue weighted by molar-refractivity contribution is 5.77. The number of carboxylic acids is 1. The predicted molar refractivity (Wildman–Crippen MR) is 74.0 cm³/mol. The summed E-state index contributed by atoms with van der Waals surface area (Å²) in [5.74, 6) is -0.797. The maximum Gasteiger partial charge on any atom is 0.320 e. The average molecular weight is 270 g/mol. The highest BCUT2D eigenvalue weighted by Crippen LogP contribution is 2.19. The number of hydrogen-bond acceptors (Lipinski definition) is 2. The lowest BCUT2D eigenvalue weighted by atomic mass is 9.98. The Kier molecular flexibility index (Phi) is 5.63. The first-order chi connectivity index (χ1) is 8.82. The van der Waals surface area contributed by atoms with E-state index in [4.69, 9.17) is 5.11 Å². The molecule has 0 spiro atoms. The summed E-state index contributed by atoms with van der Waals surface area (Å²) < 4.78 is 0. The predicted octanol–water partition coefficient (Wildman–Crippen LogP) is 2.27. The van der Waals surface area contributed by atoms with Crippen LogP contribution in [0.4, 0.5) is 4.79 Å². The molecule has 1 rings (SSSR count). The van der Waals surface area contributed by atoms with Crippen molar-refractivity contribution in [1.29, 1.82) is 0 Å². The van der Waals surface area contributed by atoms with E-state index in [0.29, 0.717) is 32.0 Å². The van der Waals surface area contributed by atoms with Crippen LogP contribution in [0, 0.1) is 11.8 Å². The van der Waals surface area contributed by atoms with E-state index in [1.807, 2.05) is 18.7 Å². The molecule has 110 valence electrons. The van der Waals surface area contributed by atoms with E-state index in [0.717, 1.165) is 6.42 Å². The minimum absolute atomic E-state index is 0.0188.